The molecule has 2 aromatic carbocycles. The van der Waals surface area contributed by atoms with Crippen LogP contribution in [0.4, 0.5) is 5.69 Å². The predicted octanol–water partition coefficient (Wildman–Crippen LogP) is 3.70. The number of hydrazone groups is 1. The molecule has 0 fully saturated rings. The Morgan fingerprint density at radius 1 is 0.963 bits per heavy atom. The maximum absolute atomic E-state index is 12.2. The summed E-state index contributed by atoms with van der Waals surface area (Å²) in [4.78, 5) is 15.0. The van der Waals surface area contributed by atoms with Gasteiger partial charge in [0, 0.05) is 5.69 Å². The highest BCUT2D eigenvalue weighted by molar-refractivity contribution is 7.89. The van der Waals surface area contributed by atoms with Gasteiger partial charge in [-0.05, 0) is 48.2 Å². The van der Waals surface area contributed by atoms with E-state index < -0.39 is 10.0 Å². The van der Waals surface area contributed by atoms with E-state index in [1.54, 1.807) is 55.5 Å². The zero-order valence-electron chi connectivity index (χ0n) is 14.4. The highest BCUT2D eigenvalue weighted by Gasteiger charge is 2.12. The minimum absolute atomic E-state index is 0.146. The minimum atomic E-state index is -3.71. The van der Waals surface area contributed by atoms with Crippen LogP contribution in [0, 0.1) is 0 Å². The van der Waals surface area contributed by atoms with E-state index in [-0.39, 0.29) is 10.8 Å². The second-order valence-electron chi connectivity index (χ2n) is 5.61. The molecule has 0 aliphatic rings. The van der Waals surface area contributed by atoms with Crippen molar-refractivity contribution in [3.05, 3.63) is 82.6 Å². The lowest BCUT2D eigenvalue weighted by atomic mass is 10.1. The standard InChI is InChI=1S/C19H17N3O3S2/c1-14(21-22-27(24,25)17-6-3-2-4-7-17)15-9-11-16(12-10-15)20-19(23)18-8-5-13-26-18/h2-13,22H,1H3,(H,20,23)/b21-14+. The van der Waals surface area contributed by atoms with Crippen molar-refractivity contribution >= 4 is 38.7 Å². The molecule has 0 aliphatic carbocycles. The largest absolute Gasteiger partial charge is 0.321 e. The molecule has 0 spiro atoms. The maximum Gasteiger partial charge on any atom is 0.276 e. The monoisotopic (exact) mass is 399 g/mol. The van der Waals surface area contributed by atoms with E-state index >= 15 is 0 Å². The Bertz CT molecular complexity index is 1040. The first kappa shape index (κ1) is 18.8. The average Bonchev–Trinajstić information content (AvgIpc) is 3.22. The number of carbonyl (C=O) groups is 1. The van der Waals surface area contributed by atoms with Gasteiger partial charge in [0.25, 0.3) is 15.9 Å². The molecule has 1 amide bonds. The van der Waals surface area contributed by atoms with Gasteiger partial charge in [-0.15, -0.1) is 11.3 Å². The number of thiophene rings is 1. The third-order valence-corrected chi connectivity index (χ3v) is 5.79. The second kappa shape index (κ2) is 8.15. The molecule has 138 valence electrons. The molecule has 0 atom stereocenters. The summed E-state index contributed by atoms with van der Waals surface area (Å²) in [6.07, 6.45) is 0. The summed E-state index contributed by atoms with van der Waals surface area (Å²) in [5.41, 5.74) is 1.89. The fraction of sp³-hybridized carbons (Fsp3) is 0.0526. The fourth-order valence-corrected chi connectivity index (χ4v) is 3.74. The van der Waals surface area contributed by atoms with Crippen molar-refractivity contribution in [3.63, 3.8) is 0 Å². The zero-order valence-corrected chi connectivity index (χ0v) is 16.0. The Morgan fingerprint density at radius 3 is 2.30 bits per heavy atom. The molecule has 0 radical (unpaired) electrons. The summed E-state index contributed by atoms with van der Waals surface area (Å²) in [6, 6.07) is 18.6. The van der Waals surface area contributed by atoms with Crippen LogP contribution < -0.4 is 10.1 Å². The predicted molar refractivity (Wildman–Crippen MR) is 108 cm³/mol. The van der Waals surface area contributed by atoms with Gasteiger partial charge in [0.2, 0.25) is 0 Å². The smallest absolute Gasteiger partial charge is 0.276 e. The van der Waals surface area contributed by atoms with Crippen LogP contribution in [-0.2, 0) is 10.0 Å². The highest BCUT2D eigenvalue weighted by Crippen LogP contribution is 2.15. The van der Waals surface area contributed by atoms with E-state index in [2.05, 4.69) is 15.2 Å². The number of anilines is 1. The van der Waals surface area contributed by atoms with Crippen LogP contribution in [0.1, 0.15) is 22.2 Å². The van der Waals surface area contributed by atoms with Gasteiger partial charge in [0.05, 0.1) is 15.5 Å². The average molecular weight is 399 g/mol. The van der Waals surface area contributed by atoms with Crippen LogP contribution in [0.3, 0.4) is 0 Å². The molecule has 6 nitrogen and oxygen atoms in total. The van der Waals surface area contributed by atoms with Gasteiger partial charge in [-0.1, -0.05) is 36.4 Å². The van der Waals surface area contributed by atoms with E-state index in [4.69, 9.17) is 0 Å². The Labute approximate surface area is 161 Å². The first-order valence-electron chi connectivity index (χ1n) is 8.02. The fourth-order valence-electron chi connectivity index (χ4n) is 2.24. The van der Waals surface area contributed by atoms with Crippen molar-refractivity contribution in [1.82, 2.24) is 4.83 Å². The molecule has 2 N–H and O–H groups in total. The molecule has 27 heavy (non-hydrogen) atoms. The lowest BCUT2D eigenvalue weighted by molar-refractivity contribution is 0.103. The number of nitrogens with zero attached hydrogens (tertiary/aromatic N) is 1. The molecule has 0 saturated carbocycles. The SMILES string of the molecule is C/C(=N\NS(=O)(=O)c1ccccc1)c1ccc(NC(=O)c2cccs2)cc1. The molecule has 3 aromatic rings. The van der Waals surface area contributed by atoms with Gasteiger partial charge in [-0.25, -0.2) is 0 Å². The molecular formula is C19H17N3O3S2. The number of rotatable bonds is 6. The third-order valence-electron chi connectivity index (χ3n) is 3.69. The molecule has 0 bridgehead atoms. The number of hydrogen-bond donors (Lipinski definition) is 2. The third kappa shape index (κ3) is 4.81. The van der Waals surface area contributed by atoms with Crippen LogP contribution in [0.5, 0.6) is 0 Å². The van der Waals surface area contributed by atoms with Gasteiger partial charge in [0.15, 0.2) is 0 Å². The van der Waals surface area contributed by atoms with Gasteiger partial charge in [-0.2, -0.15) is 18.4 Å². The molecule has 0 saturated heterocycles. The quantitative estimate of drug-likeness (QED) is 0.489. The summed E-state index contributed by atoms with van der Waals surface area (Å²) in [5, 5.41) is 8.62. The number of benzene rings is 2. The highest BCUT2D eigenvalue weighted by atomic mass is 32.2. The van der Waals surface area contributed by atoms with Crippen LogP contribution in [0.2, 0.25) is 0 Å². The van der Waals surface area contributed by atoms with Crippen LogP contribution in [0.15, 0.2) is 82.1 Å². The molecule has 3 rings (SSSR count). The summed E-state index contributed by atoms with van der Waals surface area (Å²) in [6.45, 7) is 1.70. The Kier molecular flexibility index (Phi) is 5.68. The molecule has 0 unspecified atom stereocenters. The van der Waals surface area contributed by atoms with E-state index in [1.807, 2.05) is 11.4 Å². The minimum Gasteiger partial charge on any atom is -0.321 e. The van der Waals surface area contributed by atoms with Crippen LogP contribution >= 0.6 is 11.3 Å². The van der Waals surface area contributed by atoms with Crippen LogP contribution in [0.25, 0.3) is 0 Å². The number of carbonyl (C=O) groups excluding carboxylic acids is 1. The first-order valence-corrected chi connectivity index (χ1v) is 10.4. The van der Waals surface area contributed by atoms with E-state index in [1.165, 1.54) is 23.5 Å². The van der Waals surface area contributed by atoms with Crippen LogP contribution in [-0.4, -0.2) is 20.0 Å². The summed E-state index contributed by atoms with van der Waals surface area (Å²) >= 11 is 1.37. The van der Waals surface area contributed by atoms with Crippen molar-refractivity contribution in [2.24, 2.45) is 5.10 Å². The molecule has 1 heterocycles. The maximum atomic E-state index is 12.2. The Hall–Kier alpha value is -2.97. The van der Waals surface area contributed by atoms with Crippen molar-refractivity contribution in [2.75, 3.05) is 5.32 Å². The zero-order chi connectivity index (χ0) is 19.3. The summed E-state index contributed by atoms with van der Waals surface area (Å²) in [7, 11) is -3.71. The van der Waals surface area contributed by atoms with Gasteiger partial charge < -0.3 is 5.32 Å². The number of hydrogen-bond acceptors (Lipinski definition) is 5. The second-order valence-corrected chi connectivity index (χ2v) is 8.22. The van der Waals surface area contributed by atoms with E-state index in [0.29, 0.717) is 16.3 Å². The lowest BCUT2D eigenvalue weighted by Crippen LogP contribution is -2.19. The molecular weight excluding hydrogens is 382 g/mol. The molecule has 1 aromatic heterocycles. The van der Waals surface area contributed by atoms with Crippen molar-refractivity contribution in [3.8, 4) is 0 Å². The van der Waals surface area contributed by atoms with Crippen molar-refractivity contribution in [1.29, 1.82) is 0 Å². The van der Waals surface area contributed by atoms with E-state index in [9.17, 15) is 13.2 Å². The van der Waals surface area contributed by atoms with Crippen molar-refractivity contribution < 1.29 is 13.2 Å². The first-order chi connectivity index (χ1) is 13.0. The number of sulfonamides is 1. The van der Waals surface area contributed by atoms with Gasteiger partial charge in [-0.3, -0.25) is 4.79 Å². The number of nitrogens with one attached hydrogen (secondary N) is 2. The Balaban J connectivity index is 1.67. The molecule has 8 heteroatoms. The molecule has 0 aliphatic heterocycles. The van der Waals surface area contributed by atoms with E-state index in [0.717, 1.165) is 5.56 Å². The van der Waals surface area contributed by atoms with Crippen molar-refractivity contribution in [2.45, 2.75) is 11.8 Å². The summed E-state index contributed by atoms with van der Waals surface area (Å²) < 4.78 is 24.4. The normalized spacial score (nSPS) is 11.8. The lowest BCUT2D eigenvalue weighted by Gasteiger charge is -2.07. The number of amides is 1. The topological polar surface area (TPSA) is 87.6 Å². The van der Waals surface area contributed by atoms with Gasteiger partial charge in [0.1, 0.15) is 0 Å². The Morgan fingerprint density at radius 2 is 1.67 bits per heavy atom. The van der Waals surface area contributed by atoms with Gasteiger partial charge >= 0.3 is 0 Å². The summed E-state index contributed by atoms with van der Waals surface area (Å²) in [5.74, 6) is -0.168.